The summed E-state index contributed by atoms with van der Waals surface area (Å²) >= 11 is 0. The lowest BCUT2D eigenvalue weighted by molar-refractivity contribution is -0.0884. The SMILES string of the molecule is C1=C2CCCCC2=NCC1.C\C=C(CF)/C(C)=C\C(=C\CC)C(F)(F)F.Cc1ccc(F)cc1. The van der Waals surface area contributed by atoms with Crippen molar-refractivity contribution in [2.45, 2.75) is 72.4 Å². The highest BCUT2D eigenvalue weighted by molar-refractivity contribution is 6.01. The first-order valence-electron chi connectivity index (χ1n) is 11.7. The van der Waals surface area contributed by atoms with Gasteiger partial charge in [0.1, 0.15) is 12.5 Å². The van der Waals surface area contributed by atoms with E-state index in [1.54, 1.807) is 31.6 Å². The standard InChI is InChI=1S/C12H16F4.C9H13N.C7H7F/c1-4-6-11(12(14,15)16)7-9(3)10(5-2)8-13;1-2-6-9-8(4-1)5-3-7-10-9;1-6-2-4-7(8)5-3-6/h5-7H,4,8H2,1-3H3;5H,1-4,6-7H2;2-5H,1H3/b9-7-,10-5-,11-6-;;. The first-order chi connectivity index (χ1) is 16.1. The summed E-state index contributed by atoms with van der Waals surface area (Å²) in [5.74, 6) is -0.171. The van der Waals surface area contributed by atoms with E-state index in [1.807, 2.05) is 6.92 Å². The molecule has 6 heteroatoms. The van der Waals surface area contributed by atoms with Gasteiger partial charge in [-0.15, -0.1) is 0 Å². The zero-order valence-electron chi connectivity index (χ0n) is 20.6. The van der Waals surface area contributed by atoms with Crippen molar-refractivity contribution in [2.75, 3.05) is 13.2 Å². The van der Waals surface area contributed by atoms with Crippen LogP contribution in [-0.2, 0) is 0 Å². The molecule has 1 aromatic carbocycles. The lowest BCUT2D eigenvalue weighted by atomic mass is 9.91. The Kier molecular flexibility index (Phi) is 13.4. The average Bonchev–Trinajstić information content (AvgIpc) is 2.82. The van der Waals surface area contributed by atoms with Crippen LogP contribution in [0.25, 0.3) is 0 Å². The van der Waals surface area contributed by atoms with E-state index in [4.69, 9.17) is 0 Å². The second-order valence-corrected chi connectivity index (χ2v) is 8.19. The van der Waals surface area contributed by atoms with Crippen molar-refractivity contribution in [3.63, 3.8) is 0 Å². The average molecular weight is 482 g/mol. The van der Waals surface area contributed by atoms with Crippen molar-refractivity contribution in [3.8, 4) is 0 Å². The Morgan fingerprint density at radius 1 is 1.09 bits per heavy atom. The molecule has 34 heavy (non-hydrogen) atoms. The Hall–Kier alpha value is -2.50. The van der Waals surface area contributed by atoms with E-state index in [9.17, 15) is 22.0 Å². The van der Waals surface area contributed by atoms with Crippen molar-refractivity contribution in [2.24, 2.45) is 4.99 Å². The Bertz CT molecular complexity index is 857. The molecule has 1 nitrogen and oxygen atoms in total. The molecule has 0 spiro atoms. The minimum absolute atomic E-state index is 0.171. The molecule has 0 unspecified atom stereocenters. The number of benzene rings is 1. The van der Waals surface area contributed by atoms with Crippen molar-refractivity contribution in [3.05, 3.63) is 82.2 Å². The van der Waals surface area contributed by atoms with Crippen LogP contribution in [0.15, 0.2) is 75.9 Å². The van der Waals surface area contributed by atoms with E-state index >= 15 is 0 Å². The lowest BCUT2D eigenvalue weighted by Gasteiger charge is -2.19. The summed E-state index contributed by atoms with van der Waals surface area (Å²) in [7, 11) is 0. The maximum absolute atomic E-state index is 12.5. The van der Waals surface area contributed by atoms with Gasteiger partial charge in [-0.1, -0.05) is 42.8 Å². The van der Waals surface area contributed by atoms with Gasteiger partial charge < -0.3 is 0 Å². The fraction of sp³-hybridized carbons (Fsp3) is 0.464. The molecule has 0 radical (unpaired) electrons. The molecule has 0 atom stereocenters. The van der Waals surface area contributed by atoms with Gasteiger partial charge in [0, 0.05) is 12.3 Å². The fourth-order valence-electron chi connectivity index (χ4n) is 3.50. The molecule has 1 aromatic rings. The molecular weight excluding hydrogens is 445 g/mol. The zero-order chi connectivity index (χ0) is 25.6. The van der Waals surface area contributed by atoms with Crippen LogP contribution in [0.3, 0.4) is 0 Å². The van der Waals surface area contributed by atoms with Gasteiger partial charge in [-0.05, 0) is 94.2 Å². The number of alkyl halides is 4. The van der Waals surface area contributed by atoms with E-state index in [2.05, 4.69) is 11.1 Å². The van der Waals surface area contributed by atoms with Crippen LogP contribution in [0.4, 0.5) is 22.0 Å². The number of aryl methyl sites for hydroxylation is 1. The Balaban J connectivity index is 0.000000272. The monoisotopic (exact) mass is 481 g/mol. The van der Waals surface area contributed by atoms with Crippen molar-refractivity contribution in [1.82, 2.24) is 0 Å². The predicted octanol–water partition coefficient (Wildman–Crippen LogP) is 9.21. The highest BCUT2D eigenvalue weighted by atomic mass is 19.4. The molecule has 0 saturated heterocycles. The third-order valence-electron chi connectivity index (χ3n) is 5.44. The highest BCUT2D eigenvalue weighted by Crippen LogP contribution is 2.29. The minimum Gasteiger partial charge on any atom is -0.289 e. The van der Waals surface area contributed by atoms with Gasteiger partial charge in [0.2, 0.25) is 0 Å². The van der Waals surface area contributed by atoms with Gasteiger partial charge in [0.15, 0.2) is 0 Å². The normalized spacial score (nSPS) is 16.8. The van der Waals surface area contributed by atoms with Crippen LogP contribution < -0.4 is 0 Å². The fourth-order valence-corrected chi connectivity index (χ4v) is 3.50. The van der Waals surface area contributed by atoms with E-state index in [-0.39, 0.29) is 11.4 Å². The number of halogens is 5. The Labute approximate surface area is 200 Å². The van der Waals surface area contributed by atoms with Crippen LogP contribution in [0.2, 0.25) is 0 Å². The van der Waals surface area contributed by atoms with E-state index in [0.29, 0.717) is 12.0 Å². The summed E-state index contributed by atoms with van der Waals surface area (Å²) in [6.07, 6.45) is 8.29. The van der Waals surface area contributed by atoms with Gasteiger partial charge in [0.05, 0.1) is 5.57 Å². The first kappa shape index (κ1) is 29.5. The van der Waals surface area contributed by atoms with Crippen molar-refractivity contribution in [1.29, 1.82) is 0 Å². The Morgan fingerprint density at radius 3 is 2.24 bits per heavy atom. The maximum Gasteiger partial charge on any atom is 0.416 e. The topological polar surface area (TPSA) is 12.4 Å². The smallest absolute Gasteiger partial charge is 0.289 e. The quantitative estimate of drug-likeness (QED) is 0.300. The maximum atomic E-state index is 12.5. The molecule has 0 bridgehead atoms. The molecule has 0 N–H and O–H groups in total. The first-order valence-corrected chi connectivity index (χ1v) is 11.7. The summed E-state index contributed by atoms with van der Waals surface area (Å²) in [4.78, 5) is 4.50. The summed E-state index contributed by atoms with van der Waals surface area (Å²) in [6, 6.07) is 6.40. The number of fused-ring (bicyclic) bond motifs is 1. The van der Waals surface area contributed by atoms with E-state index < -0.39 is 18.4 Å². The minimum atomic E-state index is -4.38. The summed E-state index contributed by atoms with van der Waals surface area (Å²) in [5, 5.41) is 0. The molecule has 3 rings (SSSR count). The molecule has 188 valence electrons. The van der Waals surface area contributed by atoms with Crippen molar-refractivity contribution >= 4 is 5.71 Å². The number of aliphatic imine (C=N–C) groups is 1. The highest BCUT2D eigenvalue weighted by Gasteiger charge is 2.31. The predicted molar refractivity (Wildman–Crippen MR) is 133 cm³/mol. The molecule has 1 fully saturated rings. The van der Waals surface area contributed by atoms with Gasteiger partial charge in [-0.2, -0.15) is 13.2 Å². The van der Waals surface area contributed by atoms with Crippen LogP contribution in [0, 0.1) is 12.7 Å². The van der Waals surface area contributed by atoms with Crippen LogP contribution in [0.1, 0.15) is 64.9 Å². The third kappa shape index (κ3) is 11.1. The molecule has 1 heterocycles. The molecule has 0 amide bonds. The second-order valence-electron chi connectivity index (χ2n) is 8.19. The van der Waals surface area contributed by atoms with Gasteiger partial charge in [-0.3, -0.25) is 4.99 Å². The number of dihydropyridines is 1. The van der Waals surface area contributed by atoms with Crippen LogP contribution in [-0.4, -0.2) is 25.1 Å². The van der Waals surface area contributed by atoms with Crippen LogP contribution >= 0.6 is 0 Å². The summed E-state index contributed by atoms with van der Waals surface area (Å²) in [6.45, 7) is 6.92. The Morgan fingerprint density at radius 2 is 1.74 bits per heavy atom. The number of hydrogen-bond acceptors (Lipinski definition) is 1. The lowest BCUT2D eigenvalue weighted by Crippen LogP contribution is -2.12. The number of allylic oxidation sites excluding steroid dienone is 7. The molecule has 1 aliphatic carbocycles. The number of rotatable bonds is 4. The van der Waals surface area contributed by atoms with Gasteiger partial charge in [-0.25, -0.2) is 8.78 Å². The zero-order valence-corrected chi connectivity index (χ0v) is 20.6. The van der Waals surface area contributed by atoms with E-state index in [0.717, 1.165) is 24.3 Å². The van der Waals surface area contributed by atoms with Gasteiger partial charge in [0.25, 0.3) is 0 Å². The van der Waals surface area contributed by atoms with Gasteiger partial charge >= 0.3 is 6.18 Å². The third-order valence-corrected chi connectivity index (χ3v) is 5.44. The molecular formula is C28H36F5N. The number of nitrogens with zero attached hydrogens (tertiary/aromatic N) is 1. The largest absolute Gasteiger partial charge is 0.416 e. The molecule has 2 aliphatic rings. The summed E-state index contributed by atoms with van der Waals surface area (Å²) in [5.41, 5.74) is 3.93. The van der Waals surface area contributed by atoms with Crippen molar-refractivity contribution < 1.29 is 22.0 Å². The number of hydrogen-bond donors (Lipinski definition) is 0. The molecule has 1 aliphatic heterocycles. The molecule has 1 saturated carbocycles. The van der Waals surface area contributed by atoms with E-state index in [1.165, 1.54) is 62.9 Å². The van der Waals surface area contributed by atoms with Crippen LogP contribution in [0.5, 0.6) is 0 Å². The molecule has 0 aromatic heterocycles. The second kappa shape index (κ2) is 15.4. The summed E-state index contributed by atoms with van der Waals surface area (Å²) < 4.78 is 62.1.